The van der Waals surface area contributed by atoms with Gasteiger partial charge in [-0.2, -0.15) is 0 Å². The van der Waals surface area contributed by atoms with Crippen LogP contribution in [-0.2, 0) is 4.79 Å². The normalized spacial score (nSPS) is 20.1. The summed E-state index contributed by atoms with van der Waals surface area (Å²) in [6, 6.07) is 16.3. The summed E-state index contributed by atoms with van der Waals surface area (Å²) in [4.78, 5) is 27.3. The Balaban J connectivity index is 1.56. The van der Waals surface area contributed by atoms with E-state index in [0.717, 1.165) is 38.8 Å². The third-order valence-corrected chi connectivity index (χ3v) is 6.73. The molecule has 5 rings (SSSR count). The summed E-state index contributed by atoms with van der Waals surface area (Å²) in [6.07, 6.45) is 0. The summed E-state index contributed by atoms with van der Waals surface area (Å²) in [6.45, 7) is 5.91. The molecule has 5 nitrogen and oxygen atoms in total. The van der Waals surface area contributed by atoms with Crippen LogP contribution >= 0.6 is 0 Å². The number of benzene rings is 3. The maximum absolute atomic E-state index is 13.4. The maximum atomic E-state index is 13.4. The van der Waals surface area contributed by atoms with E-state index in [1.54, 1.807) is 7.11 Å². The number of carbonyl (C=O) groups excluding carboxylic acids is 2. The highest BCUT2D eigenvalue weighted by Gasteiger charge is 2.43. The van der Waals surface area contributed by atoms with Gasteiger partial charge in [-0.25, -0.2) is 0 Å². The Kier molecular flexibility index (Phi) is 4.69. The third-order valence-electron chi connectivity index (χ3n) is 6.73. The van der Waals surface area contributed by atoms with Crippen molar-refractivity contribution in [3.8, 4) is 16.9 Å². The van der Waals surface area contributed by atoms with Crippen molar-refractivity contribution in [1.82, 2.24) is 10.2 Å². The summed E-state index contributed by atoms with van der Waals surface area (Å²) in [5.41, 5.74) is 5.07. The molecular weight excluding hydrogens is 388 g/mol. The Morgan fingerprint density at radius 1 is 1.03 bits per heavy atom. The maximum Gasteiger partial charge on any atom is 0.254 e. The molecule has 2 heterocycles. The van der Waals surface area contributed by atoms with Gasteiger partial charge in [0.15, 0.2) is 0 Å². The molecule has 0 bridgehead atoms. The Morgan fingerprint density at radius 3 is 2.45 bits per heavy atom. The van der Waals surface area contributed by atoms with Crippen LogP contribution in [0.15, 0.2) is 48.5 Å². The molecule has 0 unspecified atom stereocenters. The van der Waals surface area contributed by atoms with Gasteiger partial charge in [0.05, 0.1) is 13.0 Å². The highest BCUT2D eigenvalue weighted by atomic mass is 16.5. The van der Waals surface area contributed by atoms with Gasteiger partial charge in [-0.05, 0) is 65.1 Å². The average Bonchev–Trinajstić information content (AvgIpc) is 3.34. The summed E-state index contributed by atoms with van der Waals surface area (Å²) in [7, 11) is 1.70. The van der Waals surface area contributed by atoms with Gasteiger partial charge in [0.2, 0.25) is 5.91 Å². The molecule has 3 aromatic carbocycles. The fourth-order valence-corrected chi connectivity index (χ4v) is 5.25. The van der Waals surface area contributed by atoms with Gasteiger partial charge in [0.25, 0.3) is 5.91 Å². The van der Waals surface area contributed by atoms with Crippen molar-refractivity contribution in [1.29, 1.82) is 0 Å². The predicted molar refractivity (Wildman–Crippen MR) is 121 cm³/mol. The Morgan fingerprint density at radius 2 is 1.74 bits per heavy atom. The van der Waals surface area contributed by atoms with E-state index in [-0.39, 0.29) is 23.7 Å². The molecule has 1 N–H and O–H groups in total. The second-order valence-corrected chi connectivity index (χ2v) is 8.67. The van der Waals surface area contributed by atoms with Gasteiger partial charge in [-0.15, -0.1) is 0 Å². The van der Waals surface area contributed by atoms with E-state index in [1.807, 2.05) is 29.2 Å². The number of rotatable bonds is 3. The van der Waals surface area contributed by atoms with Gasteiger partial charge in [-0.3, -0.25) is 9.59 Å². The minimum absolute atomic E-state index is 0.00652. The van der Waals surface area contributed by atoms with Crippen molar-refractivity contribution in [3.63, 3.8) is 0 Å². The Hall–Kier alpha value is -3.34. The Labute approximate surface area is 182 Å². The topological polar surface area (TPSA) is 58.6 Å². The van der Waals surface area contributed by atoms with Crippen LogP contribution < -0.4 is 10.1 Å². The number of amides is 2. The number of aryl methyl sites for hydroxylation is 2. The van der Waals surface area contributed by atoms with Crippen molar-refractivity contribution < 1.29 is 14.3 Å². The van der Waals surface area contributed by atoms with Crippen LogP contribution in [0.4, 0.5) is 0 Å². The molecule has 2 amide bonds. The first-order chi connectivity index (χ1) is 15.0. The quantitative estimate of drug-likeness (QED) is 0.706. The van der Waals surface area contributed by atoms with Crippen LogP contribution in [0.2, 0.25) is 0 Å². The van der Waals surface area contributed by atoms with E-state index >= 15 is 0 Å². The molecule has 0 spiro atoms. The zero-order chi connectivity index (χ0) is 21.7. The lowest BCUT2D eigenvalue weighted by molar-refractivity contribution is -0.122. The lowest BCUT2D eigenvalue weighted by atomic mass is 9.93. The van der Waals surface area contributed by atoms with Crippen LogP contribution in [0.25, 0.3) is 21.9 Å². The molecular formula is C26H26N2O3. The minimum Gasteiger partial charge on any atom is -0.496 e. The first kappa shape index (κ1) is 19.6. The number of carbonyl (C=O) groups is 2. The second-order valence-electron chi connectivity index (χ2n) is 8.67. The second kappa shape index (κ2) is 7.41. The molecule has 0 aliphatic carbocycles. The molecule has 2 fully saturated rings. The van der Waals surface area contributed by atoms with Crippen molar-refractivity contribution >= 4 is 22.6 Å². The molecule has 0 aromatic heterocycles. The molecule has 2 aliphatic heterocycles. The summed E-state index contributed by atoms with van der Waals surface area (Å²) < 4.78 is 5.52. The number of nitrogens with one attached hydrogen (secondary N) is 1. The van der Waals surface area contributed by atoms with E-state index in [1.165, 1.54) is 0 Å². The van der Waals surface area contributed by atoms with Gasteiger partial charge >= 0.3 is 0 Å². The van der Waals surface area contributed by atoms with Gasteiger partial charge in [-0.1, -0.05) is 30.3 Å². The fraction of sp³-hybridized carbons (Fsp3) is 0.308. The van der Waals surface area contributed by atoms with Crippen LogP contribution in [0.1, 0.15) is 21.5 Å². The number of fused-ring (bicyclic) bond motifs is 2. The fourth-order valence-electron chi connectivity index (χ4n) is 5.25. The lowest BCUT2D eigenvalue weighted by Crippen LogP contribution is -2.33. The molecule has 5 heteroatoms. The highest BCUT2D eigenvalue weighted by Crippen LogP contribution is 2.36. The number of nitrogens with zero attached hydrogens (tertiary/aromatic N) is 1. The molecule has 0 radical (unpaired) electrons. The highest BCUT2D eigenvalue weighted by molar-refractivity contribution is 6.10. The standard InChI is InChI=1S/C26H26N2O3/c1-15-10-17(11-16(2)24(15)31-3)19-6-4-8-21-20(19)7-5-9-22(21)26(30)28-13-18-12-27-25(29)23(18)14-28/h4-11,18,23H,12-14H2,1-3H3,(H,27,29)/t18-,23+/m0/s1. The van der Waals surface area contributed by atoms with Gasteiger partial charge in [0.1, 0.15) is 5.75 Å². The Bertz CT molecular complexity index is 1190. The molecule has 2 saturated heterocycles. The van der Waals surface area contributed by atoms with Crippen LogP contribution in [0.5, 0.6) is 5.75 Å². The first-order valence-electron chi connectivity index (χ1n) is 10.7. The molecule has 0 saturated carbocycles. The van der Waals surface area contributed by atoms with Crippen molar-refractivity contribution in [2.75, 3.05) is 26.7 Å². The van der Waals surface area contributed by atoms with Gasteiger partial charge in [0, 0.05) is 31.1 Å². The van der Waals surface area contributed by atoms with Crippen molar-refractivity contribution in [3.05, 3.63) is 65.2 Å². The SMILES string of the molecule is COc1c(C)cc(-c2cccc3c(C(=O)N4C[C@@H]5CNC(=O)[C@@H]5C4)cccc23)cc1C. The zero-order valence-electron chi connectivity index (χ0n) is 18.1. The van der Waals surface area contributed by atoms with Crippen LogP contribution in [0.3, 0.4) is 0 Å². The smallest absolute Gasteiger partial charge is 0.254 e. The number of ether oxygens (including phenoxy) is 1. The lowest BCUT2D eigenvalue weighted by Gasteiger charge is -2.19. The number of methoxy groups -OCH3 is 1. The molecule has 2 aliphatic rings. The summed E-state index contributed by atoms with van der Waals surface area (Å²) in [5.74, 6) is 1.15. The van der Waals surface area contributed by atoms with Crippen molar-refractivity contribution in [2.24, 2.45) is 11.8 Å². The van der Waals surface area contributed by atoms with Crippen LogP contribution in [-0.4, -0.2) is 43.5 Å². The van der Waals surface area contributed by atoms with E-state index in [4.69, 9.17) is 4.74 Å². The summed E-state index contributed by atoms with van der Waals surface area (Å²) >= 11 is 0. The first-order valence-corrected chi connectivity index (χ1v) is 10.7. The van der Waals surface area contributed by atoms with E-state index in [2.05, 4.69) is 43.4 Å². The third kappa shape index (κ3) is 3.16. The minimum atomic E-state index is -0.0697. The molecule has 158 valence electrons. The van der Waals surface area contributed by atoms with E-state index in [9.17, 15) is 9.59 Å². The predicted octanol–water partition coefficient (Wildman–Crippen LogP) is 3.95. The molecule has 2 atom stereocenters. The zero-order valence-corrected chi connectivity index (χ0v) is 18.1. The van der Waals surface area contributed by atoms with E-state index < -0.39 is 0 Å². The van der Waals surface area contributed by atoms with Crippen LogP contribution in [0, 0.1) is 25.7 Å². The largest absolute Gasteiger partial charge is 0.496 e. The average molecular weight is 415 g/mol. The number of hydrogen-bond donors (Lipinski definition) is 1. The molecule has 31 heavy (non-hydrogen) atoms. The molecule has 3 aromatic rings. The van der Waals surface area contributed by atoms with E-state index in [0.29, 0.717) is 25.2 Å². The monoisotopic (exact) mass is 414 g/mol. The van der Waals surface area contributed by atoms with Crippen molar-refractivity contribution in [2.45, 2.75) is 13.8 Å². The van der Waals surface area contributed by atoms with Gasteiger partial charge < -0.3 is 15.0 Å². The summed E-state index contributed by atoms with van der Waals surface area (Å²) in [5, 5.41) is 4.90. The number of likely N-dealkylation sites (tertiary alicyclic amines) is 1. The number of hydrogen-bond acceptors (Lipinski definition) is 3.